The first-order valence-electron chi connectivity index (χ1n) is 12.1. The maximum Gasteiger partial charge on any atom is 0.291 e. The number of likely N-dealkylation sites (tertiary alicyclic amines) is 1. The zero-order valence-corrected chi connectivity index (χ0v) is 20.2. The summed E-state index contributed by atoms with van der Waals surface area (Å²) in [6.07, 6.45) is 3.08. The maximum absolute atomic E-state index is 12.7. The Morgan fingerprint density at radius 3 is 2.71 bits per heavy atom. The van der Waals surface area contributed by atoms with Crippen molar-refractivity contribution in [2.75, 3.05) is 43.4 Å². The fourth-order valence-electron chi connectivity index (χ4n) is 5.28. The Balaban J connectivity index is 1.38. The molecule has 2 aliphatic heterocycles. The zero-order chi connectivity index (χ0) is 25.1. The van der Waals surface area contributed by atoms with E-state index in [9.17, 15) is 15.2 Å². The Kier molecular flexibility index (Phi) is 7.28. The minimum Gasteiger partial charge on any atom is -0.508 e. The summed E-state index contributed by atoms with van der Waals surface area (Å²) < 4.78 is 0. The number of aromatic hydroxyl groups is 1. The van der Waals surface area contributed by atoms with Crippen LogP contribution < -0.4 is 21.9 Å². The molecular formula is C25H34N8O2. The molecule has 10 heteroatoms. The highest BCUT2D eigenvalue weighted by atomic mass is 16.3. The molecule has 0 amide bonds. The number of nitrogens with two attached hydrogens (primary N) is 2. The van der Waals surface area contributed by atoms with Crippen LogP contribution >= 0.6 is 0 Å². The third kappa shape index (κ3) is 5.26. The van der Waals surface area contributed by atoms with E-state index >= 15 is 0 Å². The summed E-state index contributed by atoms with van der Waals surface area (Å²) in [5.41, 5.74) is 13.4. The molecule has 35 heavy (non-hydrogen) atoms. The number of aromatic amines is 1. The van der Waals surface area contributed by atoms with Crippen molar-refractivity contribution < 1.29 is 5.11 Å². The van der Waals surface area contributed by atoms with Crippen LogP contribution in [0.3, 0.4) is 0 Å². The first kappa shape index (κ1) is 24.6. The lowest BCUT2D eigenvalue weighted by Crippen LogP contribution is -2.59. The molecule has 3 heterocycles. The van der Waals surface area contributed by atoms with Crippen LogP contribution in [0.15, 0.2) is 29.6 Å². The number of anilines is 2. The molecule has 1 unspecified atom stereocenters. The standard InChI is InChI=1S/C25H34N8O2/c1-3-19-15-32(24-25(35)29-22(16(2)27)23(28)30-24)10-11-33(19)20-6-8-31(9-7-20)14-17-4-5-21(34)12-18(17)13-26/h4-5,12,19-20,34H,2-3,6-11,14-15,27H2,1H3,(H2,28,30)(H,29,35). The van der Waals surface area contributed by atoms with E-state index < -0.39 is 0 Å². The van der Waals surface area contributed by atoms with Gasteiger partial charge in [0.1, 0.15) is 11.4 Å². The number of rotatable bonds is 6. The molecule has 0 spiro atoms. The Morgan fingerprint density at radius 1 is 1.31 bits per heavy atom. The summed E-state index contributed by atoms with van der Waals surface area (Å²) in [4.78, 5) is 26.7. The molecule has 186 valence electrons. The summed E-state index contributed by atoms with van der Waals surface area (Å²) in [6.45, 7) is 10.7. The van der Waals surface area contributed by atoms with Crippen LogP contribution in [0.4, 0.5) is 11.6 Å². The molecule has 1 aromatic heterocycles. The Morgan fingerprint density at radius 2 is 2.06 bits per heavy atom. The van der Waals surface area contributed by atoms with Crippen LogP contribution in [0.2, 0.25) is 0 Å². The quantitative estimate of drug-likeness (QED) is 0.483. The molecule has 2 fully saturated rings. The van der Waals surface area contributed by atoms with Gasteiger partial charge in [-0.15, -0.1) is 0 Å². The lowest BCUT2D eigenvalue weighted by molar-refractivity contribution is 0.0610. The van der Waals surface area contributed by atoms with E-state index in [0.29, 0.717) is 43.1 Å². The largest absolute Gasteiger partial charge is 0.508 e. The molecule has 0 bridgehead atoms. The van der Waals surface area contributed by atoms with Gasteiger partial charge in [0.15, 0.2) is 11.6 Å². The van der Waals surface area contributed by atoms with Crippen molar-refractivity contribution in [1.29, 1.82) is 5.26 Å². The number of nitriles is 1. The SMILES string of the molecule is C=C(N)c1[nH]c(=O)c(N2CCN(C3CCN(Cc4ccc(O)cc4C#N)CC3)C(CC)C2)nc1N. The summed E-state index contributed by atoms with van der Waals surface area (Å²) in [7, 11) is 0. The number of aromatic nitrogens is 2. The number of nitrogen functional groups attached to an aromatic ring is 1. The van der Waals surface area contributed by atoms with E-state index in [1.165, 1.54) is 6.07 Å². The van der Waals surface area contributed by atoms with E-state index in [1.807, 2.05) is 11.0 Å². The van der Waals surface area contributed by atoms with Gasteiger partial charge in [0.2, 0.25) is 0 Å². The monoisotopic (exact) mass is 478 g/mol. The van der Waals surface area contributed by atoms with Crippen molar-refractivity contribution in [2.45, 2.75) is 44.8 Å². The molecule has 4 rings (SSSR count). The van der Waals surface area contributed by atoms with Gasteiger partial charge in [-0.3, -0.25) is 14.6 Å². The molecule has 0 saturated carbocycles. The van der Waals surface area contributed by atoms with Gasteiger partial charge in [0.05, 0.1) is 17.3 Å². The second-order valence-corrected chi connectivity index (χ2v) is 9.38. The Bertz CT molecular complexity index is 1180. The molecule has 10 nitrogen and oxygen atoms in total. The number of hydrogen-bond donors (Lipinski definition) is 4. The molecule has 1 atom stereocenters. The van der Waals surface area contributed by atoms with Gasteiger partial charge in [0.25, 0.3) is 5.56 Å². The minimum atomic E-state index is -0.302. The van der Waals surface area contributed by atoms with E-state index in [4.69, 9.17) is 11.5 Å². The number of phenols is 1. The van der Waals surface area contributed by atoms with Gasteiger partial charge in [-0.05, 0) is 50.0 Å². The molecular weight excluding hydrogens is 444 g/mol. The summed E-state index contributed by atoms with van der Waals surface area (Å²) in [5, 5.41) is 19.0. The van der Waals surface area contributed by atoms with Crippen LogP contribution in [-0.2, 0) is 6.54 Å². The van der Waals surface area contributed by atoms with Crippen molar-refractivity contribution in [2.24, 2.45) is 5.73 Å². The number of hydrogen-bond acceptors (Lipinski definition) is 9. The minimum absolute atomic E-state index is 0.120. The number of piperazine rings is 1. The third-order valence-corrected chi connectivity index (χ3v) is 7.18. The van der Waals surface area contributed by atoms with E-state index in [2.05, 4.69) is 39.3 Å². The zero-order valence-electron chi connectivity index (χ0n) is 20.2. The molecule has 0 aliphatic carbocycles. The van der Waals surface area contributed by atoms with Crippen molar-refractivity contribution in [3.8, 4) is 11.8 Å². The third-order valence-electron chi connectivity index (χ3n) is 7.18. The van der Waals surface area contributed by atoms with Gasteiger partial charge >= 0.3 is 0 Å². The highest BCUT2D eigenvalue weighted by Gasteiger charge is 2.34. The fraction of sp³-hybridized carbons (Fsp3) is 0.480. The normalized spacial score (nSPS) is 20.0. The molecule has 6 N–H and O–H groups in total. The average Bonchev–Trinajstić information content (AvgIpc) is 2.86. The van der Waals surface area contributed by atoms with Crippen molar-refractivity contribution >= 4 is 17.3 Å². The number of H-pyrrole nitrogens is 1. The highest BCUT2D eigenvalue weighted by Crippen LogP contribution is 2.26. The lowest BCUT2D eigenvalue weighted by Gasteiger charge is -2.47. The van der Waals surface area contributed by atoms with Crippen LogP contribution in [0, 0.1) is 11.3 Å². The summed E-state index contributed by atoms with van der Waals surface area (Å²) in [5.74, 6) is 0.639. The van der Waals surface area contributed by atoms with Crippen LogP contribution in [0.5, 0.6) is 5.75 Å². The number of nitrogens with zero attached hydrogens (tertiary/aromatic N) is 5. The number of nitrogens with one attached hydrogen (secondary N) is 1. The Labute approximate surface area is 205 Å². The Hall–Kier alpha value is -3.55. The number of benzene rings is 1. The average molecular weight is 479 g/mol. The summed E-state index contributed by atoms with van der Waals surface area (Å²) in [6, 6.07) is 7.99. The van der Waals surface area contributed by atoms with Crippen LogP contribution in [0.1, 0.15) is 43.0 Å². The predicted octanol–water partition coefficient (Wildman–Crippen LogP) is 1.42. The van der Waals surface area contributed by atoms with Crippen molar-refractivity contribution in [3.63, 3.8) is 0 Å². The van der Waals surface area contributed by atoms with Gasteiger partial charge in [-0.25, -0.2) is 4.98 Å². The fourth-order valence-corrected chi connectivity index (χ4v) is 5.28. The van der Waals surface area contributed by atoms with E-state index in [-0.39, 0.29) is 28.5 Å². The number of phenolic OH excluding ortho intramolecular Hbond substituents is 1. The molecule has 1 aromatic carbocycles. The maximum atomic E-state index is 12.7. The van der Waals surface area contributed by atoms with Gasteiger partial charge in [0, 0.05) is 38.3 Å². The van der Waals surface area contributed by atoms with Crippen molar-refractivity contribution in [1.82, 2.24) is 19.8 Å². The van der Waals surface area contributed by atoms with E-state index in [1.54, 1.807) is 6.07 Å². The first-order valence-corrected chi connectivity index (χ1v) is 12.1. The van der Waals surface area contributed by atoms with Crippen LogP contribution in [-0.4, -0.2) is 69.7 Å². The second kappa shape index (κ2) is 10.4. The number of piperidine rings is 1. The van der Waals surface area contributed by atoms with Gasteiger partial charge in [-0.1, -0.05) is 19.6 Å². The van der Waals surface area contributed by atoms with Gasteiger partial charge < -0.3 is 26.5 Å². The smallest absolute Gasteiger partial charge is 0.291 e. The highest BCUT2D eigenvalue weighted by molar-refractivity contribution is 5.66. The molecule has 2 aliphatic rings. The summed E-state index contributed by atoms with van der Waals surface area (Å²) >= 11 is 0. The first-order chi connectivity index (χ1) is 16.8. The van der Waals surface area contributed by atoms with Crippen molar-refractivity contribution in [3.05, 3.63) is 52.0 Å². The van der Waals surface area contributed by atoms with E-state index in [0.717, 1.165) is 44.5 Å². The molecule has 0 radical (unpaired) electrons. The predicted molar refractivity (Wildman–Crippen MR) is 137 cm³/mol. The topological polar surface area (TPSA) is 152 Å². The lowest BCUT2D eigenvalue weighted by atomic mass is 9.97. The van der Waals surface area contributed by atoms with Crippen LogP contribution in [0.25, 0.3) is 5.70 Å². The van der Waals surface area contributed by atoms with Gasteiger partial charge in [-0.2, -0.15) is 5.26 Å². The molecule has 2 saturated heterocycles. The second-order valence-electron chi connectivity index (χ2n) is 9.38. The molecule has 2 aromatic rings.